The molecule has 1 amide bonds. The van der Waals surface area contributed by atoms with Crippen molar-refractivity contribution >= 4 is 17.4 Å². The van der Waals surface area contributed by atoms with Gasteiger partial charge in [0.05, 0.1) is 17.4 Å². The van der Waals surface area contributed by atoms with Crippen molar-refractivity contribution in [2.45, 2.75) is 19.3 Å². The van der Waals surface area contributed by atoms with Gasteiger partial charge in [-0.1, -0.05) is 0 Å². The van der Waals surface area contributed by atoms with Gasteiger partial charge >= 0.3 is 0 Å². The van der Waals surface area contributed by atoms with Gasteiger partial charge < -0.3 is 21.7 Å². The van der Waals surface area contributed by atoms with Gasteiger partial charge in [0.1, 0.15) is 5.82 Å². The lowest BCUT2D eigenvalue weighted by Crippen LogP contribution is -2.31. The van der Waals surface area contributed by atoms with Gasteiger partial charge in [-0.05, 0) is 51.4 Å². The summed E-state index contributed by atoms with van der Waals surface area (Å²) in [5.41, 5.74) is 11.8. The third-order valence-corrected chi connectivity index (χ3v) is 3.86. The third kappa shape index (κ3) is 3.84. The Morgan fingerprint density at radius 1 is 1.50 bits per heavy atom. The van der Waals surface area contributed by atoms with Crippen LogP contribution in [0.25, 0.3) is 0 Å². The number of nitrogen functional groups attached to an aromatic ring is 1. The van der Waals surface area contributed by atoms with E-state index in [0.29, 0.717) is 17.1 Å². The molecule has 2 rings (SSSR count). The number of aromatic nitrogens is 1. The van der Waals surface area contributed by atoms with Crippen molar-refractivity contribution in [2.24, 2.45) is 11.7 Å². The van der Waals surface area contributed by atoms with Gasteiger partial charge in [0, 0.05) is 6.54 Å². The first-order valence-electron chi connectivity index (χ1n) is 7.04. The molecule has 1 aliphatic rings. The van der Waals surface area contributed by atoms with Gasteiger partial charge in [-0.15, -0.1) is 0 Å². The van der Waals surface area contributed by atoms with E-state index < -0.39 is 5.91 Å². The van der Waals surface area contributed by atoms with Crippen LogP contribution in [0.5, 0.6) is 0 Å². The van der Waals surface area contributed by atoms with Gasteiger partial charge in [0.2, 0.25) is 0 Å². The largest absolute Gasteiger partial charge is 0.397 e. The van der Waals surface area contributed by atoms with Gasteiger partial charge in [0.25, 0.3) is 5.91 Å². The van der Waals surface area contributed by atoms with E-state index in [1.54, 1.807) is 6.07 Å². The van der Waals surface area contributed by atoms with Crippen LogP contribution in [-0.4, -0.2) is 42.5 Å². The van der Waals surface area contributed by atoms with Crippen LogP contribution in [0.4, 0.5) is 11.5 Å². The van der Waals surface area contributed by atoms with Crippen molar-refractivity contribution in [1.82, 2.24) is 9.88 Å². The minimum absolute atomic E-state index is 0.355. The number of nitrogens with one attached hydrogen (secondary N) is 1. The Morgan fingerprint density at radius 3 is 2.85 bits per heavy atom. The fourth-order valence-corrected chi connectivity index (χ4v) is 2.56. The molecule has 0 spiro atoms. The Hall–Kier alpha value is -1.82. The number of amides is 1. The number of pyridine rings is 1. The molecule has 1 fully saturated rings. The van der Waals surface area contributed by atoms with E-state index >= 15 is 0 Å². The van der Waals surface area contributed by atoms with Crippen LogP contribution in [0.2, 0.25) is 0 Å². The molecule has 20 heavy (non-hydrogen) atoms. The summed E-state index contributed by atoms with van der Waals surface area (Å²) in [6.45, 7) is 3.13. The van der Waals surface area contributed by atoms with E-state index in [1.165, 1.54) is 19.0 Å². The number of nitrogens with zero attached hydrogens (tertiary/aromatic N) is 2. The topological polar surface area (TPSA) is 97.3 Å². The zero-order chi connectivity index (χ0) is 14.5. The minimum Gasteiger partial charge on any atom is -0.397 e. The average molecular weight is 277 g/mol. The summed E-state index contributed by atoms with van der Waals surface area (Å²) in [5, 5.41) is 3.20. The molecule has 1 aliphatic heterocycles. The second kappa shape index (κ2) is 6.56. The normalized spacial score (nSPS) is 17.1. The van der Waals surface area contributed by atoms with Crippen LogP contribution in [0.1, 0.15) is 29.6 Å². The van der Waals surface area contributed by atoms with Crippen LogP contribution in [0, 0.1) is 5.92 Å². The first-order valence-corrected chi connectivity index (χ1v) is 7.04. The predicted molar refractivity (Wildman–Crippen MR) is 80.5 cm³/mol. The lowest BCUT2D eigenvalue weighted by Gasteiger charge is -2.29. The fraction of sp³-hybridized carbons (Fsp3) is 0.571. The number of anilines is 2. The molecule has 0 aromatic carbocycles. The van der Waals surface area contributed by atoms with E-state index in [9.17, 15) is 4.79 Å². The highest BCUT2D eigenvalue weighted by atomic mass is 16.1. The maximum Gasteiger partial charge on any atom is 0.252 e. The molecule has 6 heteroatoms. The molecule has 0 bridgehead atoms. The van der Waals surface area contributed by atoms with Crippen LogP contribution in [0.3, 0.4) is 0 Å². The highest BCUT2D eigenvalue weighted by Crippen LogP contribution is 2.20. The number of primary amides is 1. The van der Waals surface area contributed by atoms with E-state index in [4.69, 9.17) is 11.5 Å². The van der Waals surface area contributed by atoms with E-state index in [0.717, 1.165) is 32.0 Å². The molecule has 0 aliphatic carbocycles. The van der Waals surface area contributed by atoms with Crippen LogP contribution in [0.15, 0.2) is 12.3 Å². The molecular formula is C14H23N5O. The fourth-order valence-electron chi connectivity index (χ4n) is 2.56. The Morgan fingerprint density at radius 2 is 2.20 bits per heavy atom. The number of carbonyl (C=O) groups excluding carboxylic acids is 1. The van der Waals surface area contributed by atoms with Crippen LogP contribution < -0.4 is 16.8 Å². The number of hydrogen-bond donors (Lipinski definition) is 3. The van der Waals surface area contributed by atoms with E-state index in [-0.39, 0.29) is 0 Å². The van der Waals surface area contributed by atoms with Crippen molar-refractivity contribution < 1.29 is 4.79 Å². The maximum absolute atomic E-state index is 11.4. The van der Waals surface area contributed by atoms with Crippen molar-refractivity contribution in [3.63, 3.8) is 0 Å². The van der Waals surface area contributed by atoms with Gasteiger partial charge in [-0.25, -0.2) is 4.98 Å². The molecule has 0 radical (unpaired) electrons. The molecule has 1 aromatic rings. The lowest BCUT2D eigenvalue weighted by atomic mass is 9.94. The third-order valence-electron chi connectivity index (χ3n) is 3.86. The quantitative estimate of drug-likeness (QED) is 0.743. The molecule has 1 aromatic heterocycles. The van der Waals surface area contributed by atoms with Gasteiger partial charge in [0.15, 0.2) is 0 Å². The number of likely N-dealkylation sites (tertiary alicyclic amines) is 1. The summed E-state index contributed by atoms with van der Waals surface area (Å²) in [7, 11) is 2.16. The monoisotopic (exact) mass is 277 g/mol. The van der Waals surface area contributed by atoms with Crippen molar-refractivity contribution in [1.29, 1.82) is 0 Å². The number of rotatable bonds is 5. The summed E-state index contributed by atoms with van der Waals surface area (Å²) in [6.07, 6.45) is 5.08. The highest BCUT2D eigenvalue weighted by Gasteiger charge is 2.16. The van der Waals surface area contributed by atoms with Gasteiger partial charge in [-0.2, -0.15) is 0 Å². The number of carbonyl (C=O) groups is 1. The minimum atomic E-state index is -0.508. The first kappa shape index (κ1) is 14.6. The van der Waals surface area contributed by atoms with E-state index in [1.807, 2.05) is 0 Å². The summed E-state index contributed by atoms with van der Waals surface area (Å²) in [4.78, 5) is 17.9. The van der Waals surface area contributed by atoms with Crippen molar-refractivity contribution in [3.8, 4) is 0 Å². The molecule has 1 saturated heterocycles. The molecular weight excluding hydrogens is 254 g/mol. The summed E-state index contributed by atoms with van der Waals surface area (Å²) in [6, 6.07) is 1.56. The van der Waals surface area contributed by atoms with Crippen LogP contribution >= 0.6 is 0 Å². The standard InChI is InChI=1S/C14H23N5O/c1-19-6-3-10(4-7-19)2-5-17-14-12(13(16)20)8-11(15)9-18-14/h8-10H,2-7,15H2,1H3,(H2,16,20)(H,17,18). The summed E-state index contributed by atoms with van der Waals surface area (Å²) >= 11 is 0. The second-order valence-corrected chi connectivity index (χ2v) is 5.49. The lowest BCUT2D eigenvalue weighted by molar-refractivity contribution is 0.100. The van der Waals surface area contributed by atoms with Gasteiger partial charge in [-0.3, -0.25) is 4.79 Å². The highest BCUT2D eigenvalue weighted by molar-refractivity contribution is 5.98. The Balaban J connectivity index is 1.86. The average Bonchev–Trinajstić information content (AvgIpc) is 2.42. The second-order valence-electron chi connectivity index (χ2n) is 5.49. The number of piperidine rings is 1. The Bertz CT molecular complexity index is 469. The van der Waals surface area contributed by atoms with E-state index in [2.05, 4.69) is 22.2 Å². The molecule has 6 nitrogen and oxygen atoms in total. The maximum atomic E-state index is 11.4. The summed E-state index contributed by atoms with van der Waals surface area (Å²) in [5.74, 6) is 0.760. The molecule has 0 unspecified atom stereocenters. The molecule has 110 valence electrons. The molecule has 0 saturated carbocycles. The summed E-state index contributed by atoms with van der Waals surface area (Å²) < 4.78 is 0. The zero-order valence-electron chi connectivity index (χ0n) is 11.9. The number of hydrogen-bond acceptors (Lipinski definition) is 5. The number of nitrogens with two attached hydrogens (primary N) is 2. The van der Waals surface area contributed by atoms with Crippen molar-refractivity contribution in [2.75, 3.05) is 37.7 Å². The molecule has 0 atom stereocenters. The molecule has 5 N–H and O–H groups in total. The van der Waals surface area contributed by atoms with Crippen molar-refractivity contribution in [3.05, 3.63) is 17.8 Å². The Labute approximate surface area is 119 Å². The SMILES string of the molecule is CN1CCC(CCNc2ncc(N)cc2C(N)=O)CC1. The molecule has 2 heterocycles. The Kier molecular flexibility index (Phi) is 4.79. The van der Waals surface area contributed by atoms with Crippen LogP contribution in [-0.2, 0) is 0 Å². The zero-order valence-corrected chi connectivity index (χ0v) is 11.9. The smallest absolute Gasteiger partial charge is 0.252 e. The first-order chi connectivity index (χ1) is 9.56. The predicted octanol–water partition coefficient (Wildman–Crippen LogP) is 0.906.